The van der Waals surface area contributed by atoms with E-state index in [-0.39, 0.29) is 11.5 Å². The van der Waals surface area contributed by atoms with Crippen molar-refractivity contribution in [3.8, 4) is 0 Å². The van der Waals surface area contributed by atoms with Gasteiger partial charge in [-0.15, -0.1) is 0 Å². The molecule has 5 heteroatoms. The van der Waals surface area contributed by atoms with Crippen molar-refractivity contribution in [2.75, 3.05) is 13.1 Å². The molecule has 1 amide bonds. The molecule has 21 heavy (non-hydrogen) atoms. The first kappa shape index (κ1) is 14.1. The molecular formula is C16H21N3O2. The molecule has 112 valence electrons. The largest absolute Gasteiger partial charge is 0.388 e. The van der Waals surface area contributed by atoms with Gasteiger partial charge in [-0.1, -0.05) is 35.5 Å². The molecular weight excluding hydrogens is 266 g/mol. The molecule has 0 radical (unpaired) electrons. The number of benzene rings is 1. The summed E-state index contributed by atoms with van der Waals surface area (Å²) < 4.78 is 0. The Kier molecular flexibility index (Phi) is 3.92. The van der Waals surface area contributed by atoms with E-state index in [0.29, 0.717) is 5.71 Å². The second-order valence-electron chi connectivity index (χ2n) is 5.82. The highest BCUT2D eigenvalue weighted by atomic mass is 16.7. The third-order valence-electron chi connectivity index (χ3n) is 4.56. The van der Waals surface area contributed by atoms with Gasteiger partial charge in [-0.2, -0.15) is 0 Å². The molecule has 1 aromatic carbocycles. The molecule has 3 rings (SSSR count). The molecule has 1 unspecified atom stereocenters. The van der Waals surface area contributed by atoms with Gasteiger partial charge in [0.2, 0.25) is 0 Å². The van der Waals surface area contributed by atoms with Crippen LogP contribution in [0.15, 0.2) is 35.5 Å². The van der Waals surface area contributed by atoms with E-state index >= 15 is 0 Å². The summed E-state index contributed by atoms with van der Waals surface area (Å²) in [5.74, 6) is -0.458. The van der Waals surface area contributed by atoms with Gasteiger partial charge in [0.15, 0.2) is 5.71 Å². The van der Waals surface area contributed by atoms with Crippen molar-refractivity contribution in [1.29, 1.82) is 0 Å². The van der Waals surface area contributed by atoms with Gasteiger partial charge in [-0.05, 0) is 31.5 Å². The number of nitrogens with two attached hydrogens (primary N) is 1. The van der Waals surface area contributed by atoms with Gasteiger partial charge in [0, 0.05) is 12.8 Å². The fourth-order valence-electron chi connectivity index (χ4n) is 3.38. The van der Waals surface area contributed by atoms with E-state index in [2.05, 4.69) is 22.6 Å². The number of nitrogens with zero attached hydrogens (tertiary/aromatic N) is 1. The number of amides is 1. The van der Waals surface area contributed by atoms with Crippen LogP contribution in [0.2, 0.25) is 0 Å². The van der Waals surface area contributed by atoms with Crippen molar-refractivity contribution in [1.82, 2.24) is 5.32 Å². The molecule has 2 aliphatic rings. The quantitative estimate of drug-likeness (QED) is 0.874. The maximum Gasteiger partial charge on any atom is 0.266 e. The zero-order valence-corrected chi connectivity index (χ0v) is 12.0. The number of nitrogens with one attached hydrogen (secondary N) is 1. The molecule has 2 heterocycles. The zero-order chi connectivity index (χ0) is 14.7. The van der Waals surface area contributed by atoms with Gasteiger partial charge in [-0.25, -0.2) is 0 Å². The molecule has 1 aromatic rings. The van der Waals surface area contributed by atoms with Gasteiger partial charge in [0.1, 0.15) is 5.60 Å². The van der Waals surface area contributed by atoms with Crippen molar-refractivity contribution in [2.45, 2.75) is 31.3 Å². The maximum atomic E-state index is 11.6. The van der Waals surface area contributed by atoms with E-state index in [4.69, 9.17) is 10.6 Å². The number of hydrogen-bond acceptors (Lipinski definition) is 4. The lowest BCUT2D eigenvalue weighted by atomic mass is 9.75. The highest BCUT2D eigenvalue weighted by Crippen LogP contribution is 2.40. The monoisotopic (exact) mass is 287 g/mol. The molecule has 5 nitrogen and oxygen atoms in total. The van der Waals surface area contributed by atoms with Crippen molar-refractivity contribution >= 4 is 11.6 Å². The Labute approximate surface area is 124 Å². The van der Waals surface area contributed by atoms with E-state index in [9.17, 15) is 4.79 Å². The van der Waals surface area contributed by atoms with E-state index < -0.39 is 5.91 Å². The van der Waals surface area contributed by atoms with Crippen LogP contribution in [0.1, 0.15) is 24.8 Å². The van der Waals surface area contributed by atoms with Crippen LogP contribution in [-0.4, -0.2) is 30.3 Å². The van der Waals surface area contributed by atoms with Gasteiger partial charge in [0.05, 0.1) is 5.92 Å². The topological polar surface area (TPSA) is 76.7 Å². The number of piperidine rings is 1. The first-order valence-corrected chi connectivity index (χ1v) is 7.52. The lowest BCUT2D eigenvalue weighted by molar-refractivity contribution is -0.112. The zero-order valence-electron chi connectivity index (χ0n) is 12.0. The average Bonchev–Trinajstić information content (AvgIpc) is 2.85. The summed E-state index contributed by atoms with van der Waals surface area (Å²) in [5, 5.41) is 7.35. The molecule has 1 fully saturated rings. The molecule has 0 aromatic heterocycles. The normalized spacial score (nSPS) is 23.6. The fourth-order valence-corrected chi connectivity index (χ4v) is 3.38. The van der Waals surface area contributed by atoms with Crippen LogP contribution < -0.4 is 11.1 Å². The number of carbonyl (C=O) groups excluding carboxylic acids is 1. The number of rotatable bonds is 4. The number of primary amides is 1. The summed E-state index contributed by atoms with van der Waals surface area (Å²) in [6.07, 6.45) is 3.47. The molecule has 2 aliphatic heterocycles. The minimum atomic E-state index is -0.455. The third kappa shape index (κ3) is 2.78. The maximum absolute atomic E-state index is 11.6. The van der Waals surface area contributed by atoms with Gasteiger partial charge in [0.25, 0.3) is 5.91 Å². The number of carbonyl (C=O) groups is 1. The van der Waals surface area contributed by atoms with Crippen molar-refractivity contribution < 1.29 is 9.63 Å². The Morgan fingerprint density at radius 3 is 2.71 bits per heavy atom. The van der Waals surface area contributed by atoms with Crippen LogP contribution in [-0.2, 0) is 16.1 Å². The molecule has 1 atom stereocenters. The molecule has 1 spiro atoms. The van der Waals surface area contributed by atoms with Crippen LogP contribution in [0.5, 0.6) is 0 Å². The second kappa shape index (κ2) is 5.85. The van der Waals surface area contributed by atoms with Crippen LogP contribution in [0, 0.1) is 5.92 Å². The molecule has 0 bridgehead atoms. The molecule has 1 saturated heterocycles. The SMILES string of the molecule is NC(=O)C1=NOC2(CCNCC2)C1CCc1ccccc1. The van der Waals surface area contributed by atoms with Crippen LogP contribution in [0.4, 0.5) is 0 Å². The Balaban J connectivity index is 1.76. The summed E-state index contributed by atoms with van der Waals surface area (Å²) in [4.78, 5) is 17.3. The third-order valence-corrected chi connectivity index (χ3v) is 4.56. The van der Waals surface area contributed by atoms with E-state index in [0.717, 1.165) is 38.8 Å². The Bertz CT molecular complexity index is 536. The first-order valence-electron chi connectivity index (χ1n) is 7.52. The lowest BCUT2D eigenvalue weighted by Crippen LogP contribution is -2.49. The number of hydrogen-bond donors (Lipinski definition) is 2. The summed E-state index contributed by atoms with van der Waals surface area (Å²) in [7, 11) is 0. The highest BCUT2D eigenvalue weighted by Gasteiger charge is 2.50. The predicted octanol–water partition coefficient (Wildman–Crippen LogP) is 1.23. The Hall–Kier alpha value is -1.88. The predicted molar refractivity (Wildman–Crippen MR) is 80.8 cm³/mol. The standard InChI is InChI=1S/C16H21N3O2/c17-15(20)14-13(7-6-12-4-2-1-3-5-12)16(21-19-14)8-10-18-11-9-16/h1-5,13,18H,6-11H2,(H2,17,20). The fraction of sp³-hybridized carbons (Fsp3) is 0.500. The van der Waals surface area contributed by atoms with Gasteiger partial charge in [-0.3, -0.25) is 4.79 Å². The van der Waals surface area contributed by atoms with E-state index in [1.54, 1.807) is 0 Å². The van der Waals surface area contributed by atoms with Gasteiger partial charge < -0.3 is 15.9 Å². The average molecular weight is 287 g/mol. The molecule has 3 N–H and O–H groups in total. The smallest absolute Gasteiger partial charge is 0.266 e. The summed E-state index contributed by atoms with van der Waals surface area (Å²) in [6, 6.07) is 10.3. The van der Waals surface area contributed by atoms with Crippen LogP contribution in [0.3, 0.4) is 0 Å². The van der Waals surface area contributed by atoms with Crippen LogP contribution in [0.25, 0.3) is 0 Å². The van der Waals surface area contributed by atoms with Crippen LogP contribution >= 0.6 is 0 Å². The Morgan fingerprint density at radius 1 is 1.33 bits per heavy atom. The molecule has 0 saturated carbocycles. The summed E-state index contributed by atoms with van der Waals surface area (Å²) in [6.45, 7) is 1.78. The summed E-state index contributed by atoms with van der Waals surface area (Å²) in [5.41, 5.74) is 6.81. The van der Waals surface area contributed by atoms with Crippen molar-refractivity contribution in [2.24, 2.45) is 16.8 Å². The number of aryl methyl sites for hydroxylation is 1. The summed E-state index contributed by atoms with van der Waals surface area (Å²) >= 11 is 0. The minimum Gasteiger partial charge on any atom is -0.388 e. The Morgan fingerprint density at radius 2 is 2.05 bits per heavy atom. The van der Waals surface area contributed by atoms with E-state index in [1.165, 1.54) is 5.56 Å². The van der Waals surface area contributed by atoms with E-state index in [1.807, 2.05) is 18.2 Å². The lowest BCUT2D eigenvalue weighted by Gasteiger charge is -2.36. The minimum absolute atomic E-state index is 0.00249. The second-order valence-corrected chi connectivity index (χ2v) is 5.82. The highest BCUT2D eigenvalue weighted by molar-refractivity contribution is 6.39. The van der Waals surface area contributed by atoms with Crippen molar-refractivity contribution in [3.05, 3.63) is 35.9 Å². The first-order chi connectivity index (χ1) is 10.2. The van der Waals surface area contributed by atoms with Gasteiger partial charge >= 0.3 is 0 Å². The molecule has 0 aliphatic carbocycles. The number of oxime groups is 1. The van der Waals surface area contributed by atoms with Crippen molar-refractivity contribution in [3.63, 3.8) is 0 Å².